The highest BCUT2D eigenvalue weighted by molar-refractivity contribution is 7.93. The van der Waals surface area contributed by atoms with Crippen LogP contribution in [0.5, 0.6) is 0 Å². The number of aromatic nitrogens is 3. The molecule has 13 heteroatoms. The van der Waals surface area contributed by atoms with Crippen LogP contribution >= 0.6 is 0 Å². The van der Waals surface area contributed by atoms with Crippen LogP contribution in [0.2, 0.25) is 0 Å². The quantitative estimate of drug-likeness (QED) is 0.538. The van der Waals surface area contributed by atoms with Gasteiger partial charge >= 0.3 is 11.9 Å². The average Bonchev–Trinajstić information content (AvgIpc) is 3.26. The fourth-order valence-electron chi connectivity index (χ4n) is 4.17. The number of rotatable bonds is 8. The molecule has 1 aliphatic heterocycles. The third-order valence-electron chi connectivity index (χ3n) is 6.23. The normalized spacial score (nSPS) is 21.4. The zero-order valence-corrected chi connectivity index (χ0v) is 20.0. The second-order valence-corrected chi connectivity index (χ2v) is 10.7. The molecule has 0 saturated heterocycles. The zero-order valence-electron chi connectivity index (χ0n) is 19.1. The van der Waals surface area contributed by atoms with Crippen LogP contribution in [0.3, 0.4) is 0 Å². The smallest absolute Gasteiger partial charge is 0.449 e. The Bertz CT molecular complexity index is 1420. The summed E-state index contributed by atoms with van der Waals surface area (Å²) in [7, 11) is -2.35. The van der Waals surface area contributed by atoms with Gasteiger partial charge in [0.25, 0.3) is 0 Å². The van der Waals surface area contributed by atoms with Crippen molar-refractivity contribution in [3.8, 4) is 0 Å². The summed E-state index contributed by atoms with van der Waals surface area (Å²) in [6.45, 7) is 0.864. The van der Waals surface area contributed by atoms with Crippen molar-refractivity contribution in [2.45, 2.75) is 38.4 Å². The van der Waals surface area contributed by atoms with Crippen molar-refractivity contribution in [1.29, 1.82) is 0 Å². The molecular weight excluding hydrogens is 479 g/mol. The van der Waals surface area contributed by atoms with Crippen molar-refractivity contribution >= 4 is 27.7 Å². The highest BCUT2D eigenvalue weighted by Crippen LogP contribution is 2.37. The molecule has 3 aliphatic rings. The van der Waals surface area contributed by atoms with Crippen molar-refractivity contribution in [2.24, 2.45) is 13.0 Å². The first-order valence-electron chi connectivity index (χ1n) is 11.0. The average molecular weight is 504 g/mol. The summed E-state index contributed by atoms with van der Waals surface area (Å²) in [6, 6.07) is -0.567. The van der Waals surface area contributed by atoms with Gasteiger partial charge in [-0.15, -0.1) is 0 Å². The zero-order chi connectivity index (χ0) is 25.0. The topological polar surface area (TPSA) is 130 Å². The molecule has 2 aromatic heterocycles. The molecule has 3 amide bonds. The molecule has 0 aromatic carbocycles. The molecule has 1 N–H and O–H groups in total. The van der Waals surface area contributed by atoms with E-state index >= 15 is 0 Å². The van der Waals surface area contributed by atoms with E-state index in [1.807, 2.05) is 0 Å². The van der Waals surface area contributed by atoms with E-state index in [9.17, 15) is 22.4 Å². The number of fused-ring (bicyclic) bond motifs is 1. The van der Waals surface area contributed by atoms with E-state index in [0.29, 0.717) is 35.7 Å². The maximum atomic E-state index is 13.5. The van der Waals surface area contributed by atoms with Gasteiger partial charge in [-0.25, -0.2) is 27.3 Å². The van der Waals surface area contributed by atoms with Crippen LogP contribution in [0.1, 0.15) is 30.0 Å². The van der Waals surface area contributed by atoms with Gasteiger partial charge in [0.2, 0.25) is 10.0 Å². The minimum absolute atomic E-state index is 0.0301. The van der Waals surface area contributed by atoms with E-state index in [0.717, 1.165) is 4.90 Å². The van der Waals surface area contributed by atoms with E-state index in [4.69, 9.17) is 4.42 Å². The molecule has 35 heavy (non-hydrogen) atoms. The molecule has 0 radical (unpaired) electrons. The highest BCUT2D eigenvalue weighted by Gasteiger charge is 2.50. The molecule has 11 nitrogen and oxygen atoms in total. The van der Waals surface area contributed by atoms with Crippen molar-refractivity contribution < 1.29 is 31.4 Å². The van der Waals surface area contributed by atoms with E-state index < -0.39 is 40.1 Å². The van der Waals surface area contributed by atoms with Gasteiger partial charge in [0.05, 0.1) is 16.6 Å². The molecule has 2 aromatic rings. The number of nitrogens with one attached hydrogen (secondary N) is 1. The van der Waals surface area contributed by atoms with Crippen LogP contribution in [0.15, 0.2) is 46.2 Å². The Kier molecular flexibility index (Phi) is 5.55. The predicted molar refractivity (Wildman–Crippen MR) is 120 cm³/mol. The largest absolute Gasteiger partial charge is 0.501 e. The van der Waals surface area contributed by atoms with E-state index in [1.165, 1.54) is 29.1 Å². The van der Waals surface area contributed by atoms with Gasteiger partial charge in [-0.3, -0.25) is 4.68 Å². The fraction of sp³-hybridized carbons (Fsp3) is 0.409. The van der Waals surface area contributed by atoms with Gasteiger partial charge < -0.3 is 4.42 Å². The number of alkyl halides is 1. The van der Waals surface area contributed by atoms with Crippen molar-refractivity contribution in [1.82, 2.24) is 24.4 Å². The van der Waals surface area contributed by atoms with Gasteiger partial charge in [0.15, 0.2) is 5.89 Å². The summed E-state index contributed by atoms with van der Waals surface area (Å²) in [5.41, 5.74) is 0.369. The number of carbonyl (C=O) groups excluding carboxylic acids is 2. The number of allylic oxidation sites excluding steroid dienone is 2. The minimum Gasteiger partial charge on any atom is -0.449 e. The standard InChI is InChI=1S/C22H24FN6O5S/c1-14-25-16(12-34-14)11-28-19-4-3-17(35(32,33)26-22(13-23)5-6-22)7-18(19)20(30)29(21(28)31)10-15-8-24-27(2)9-15/h3-4,7-9,12,18,26H,5-6,10-11,13H2,1-2H3/q+1. The number of urea groups is 1. The lowest BCUT2D eigenvalue weighted by atomic mass is 9.94. The van der Waals surface area contributed by atoms with Crippen molar-refractivity contribution in [2.75, 3.05) is 6.67 Å². The first-order chi connectivity index (χ1) is 16.6. The van der Waals surface area contributed by atoms with Crippen molar-refractivity contribution in [3.05, 3.63) is 58.9 Å². The Balaban J connectivity index is 1.53. The summed E-state index contributed by atoms with van der Waals surface area (Å²) < 4.78 is 49.8. The molecular formula is C22H24FN6O5S+. The molecule has 0 spiro atoms. The molecule has 1 saturated carbocycles. The summed E-state index contributed by atoms with van der Waals surface area (Å²) in [6.07, 6.45) is 9.56. The number of carbonyl (C=O) groups is 2. The van der Waals surface area contributed by atoms with Gasteiger partial charge in [0, 0.05) is 25.7 Å². The lowest BCUT2D eigenvalue weighted by Gasteiger charge is -2.27. The van der Waals surface area contributed by atoms with Crippen LogP contribution in [0.4, 0.5) is 9.18 Å². The Morgan fingerprint density at radius 2 is 2.09 bits per heavy atom. The highest BCUT2D eigenvalue weighted by atomic mass is 32.2. The Labute approximate surface area is 200 Å². The van der Waals surface area contributed by atoms with Gasteiger partial charge in [-0.2, -0.15) is 19.4 Å². The van der Waals surface area contributed by atoms with Crippen LogP contribution in [0, 0.1) is 12.8 Å². The third kappa shape index (κ3) is 4.36. The molecule has 1 atom stereocenters. The molecule has 1 fully saturated rings. The van der Waals surface area contributed by atoms with E-state index in [1.54, 1.807) is 31.0 Å². The molecule has 2 aliphatic carbocycles. The Morgan fingerprint density at radius 1 is 1.31 bits per heavy atom. The summed E-state index contributed by atoms with van der Waals surface area (Å²) >= 11 is 0. The third-order valence-corrected chi connectivity index (χ3v) is 7.82. The van der Waals surface area contributed by atoms with E-state index in [2.05, 4.69) is 14.8 Å². The SMILES string of the molecule is Cc1nc(C[N+]2=C3C=CC(S(=O)(=O)NC4(CF)CC4)=CC3C(=O)N(Cc3cnn(C)c3)C2=O)co1. The summed E-state index contributed by atoms with van der Waals surface area (Å²) in [5, 5.41) is 4.08. The number of aryl methyl sites for hydroxylation is 2. The van der Waals surface area contributed by atoms with Crippen molar-refractivity contribution in [3.63, 3.8) is 0 Å². The van der Waals surface area contributed by atoms with Crippen LogP contribution in [-0.4, -0.2) is 62.5 Å². The number of nitrogens with zero attached hydrogens (tertiary/aromatic N) is 5. The molecule has 5 rings (SSSR count). The van der Waals surface area contributed by atoms with E-state index in [-0.39, 0.29) is 18.0 Å². The number of oxazole rings is 1. The lowest BCUT2D eigenvalue weighted by molar-refractivity contribution is -0.457. The number of imide groups is 1. The number of sulfonamides is 1. The fourth-order valence-corrected chi connectivity index (χ4v) is 5.68. The van der Waals surface area contributed by atoms with Gasteiger partial charge in [-0.1, -0.05) is 0 Å². The second kappa shape index (κ2) is 8.34. The van der Waals surface area contributed by atoms with Crippen LogP contribution in [0.25, 0.3) is 0 Å². The molecule has 184 valence electrons. The predicted octanol–water partition coefficient (Wildman–Crippen LogP) is 1.32. The molecule has 1 unspecified atom stereocenters. The second-order valence-electron chi connectivity index (χ2n) is 9.00. The Hall–Kier alpha value is -3.45. The number of halogens is 1. The minimum atomic E-state index is -4.07. The number of hydrogen-bond acceptors (Lipinski definition) is 7. The first-order valence-corrected chi connectivity index (χ1v) is 12.5. The maximum absolute atomic E-state index is 13.5. The molecule has 3 heterocycles. The number of hydrogen-bond donors (Lipinski definition) is 1. The maximum Gasteiger partial charge on any atom is 0.501 e. The monoisotopic (exact) mass is 503 g/mol. The van der Waals surface area contributed by atoms with Crippen LogP contribution < -0.4 is 4.72 Å². The van der Waals surface area contributed by atoms with Gasteiger partial charge in [-0.05, 0) is 31.1 Å². The summed E-state index contributed by atoms with van der Waals surface area (Å²) in [4.78, 5) is 32.0. The van der Waals surface area contributed by atoms with Gasteiger partial charge in [0.1, 0.15) is 43.4 Å². The Morgan fingerprint density at radius 3 is 2.69 bits per heavy atom. The number of amides is 3. The molecule has 0 bridgehead atoms. The van der Waals surface area contributed by atoms with Crippen LogP contribution in [-0.2, 0) is 35.0 Å². The first kappa shape index (κ1) is 23.3. The lowest BCUT2D eigenvalue weighted by Crippen LogP contribution is -2.54. The summed E-state index contributed by atoms with van der Waals surface area (Å²) in [5.74, 6) is -1.17.